The summed E-state index contributed by atoms with van der Waals surface area (Å²) in [4.78, 5) is 32.9. The first kappa shape index (κ1) is 28.3. The third-order valence-corrected chi connectivity index (χ3v) is 7.80. The van der Waals surface area contributed by atoms with Gasteiger partial charge in [0.1, 0.15) is 28.5 Å². The first-order valence-corrected chi connectivity index (χ1v) is 14.5. The zero-order chi connectivity index (χ0) is 30.3. The van der Waals surface area contributed by atoms with Gasteiger partial charge >= 0.3 is 6.09 Å². The Balaban J connectivity index is 1.38. The van der Waals surface area contributed by atoms with Gasteiger partial charge in [-0.25, -0.2) is 9.78 Å². The average Bonchev–Trinajstić information content (AvgIpc) is 3.76. The Labute approximate surface area is 250 Å². The van der Waals surface area contributed by atoms with Gasteiger partial charge in [-0.05, 0) is 57.9 Å². The second-order valence-electron chi connectivity index (χ2n) is 11.9. The number of fused-ring (bicyclic) bond motifs is 1. The Bertz CT molecular complexity index is 1680. The van der Waals surface area contributed by atoms with Crippen LogP contribution < -0.4 is 15.0 Å². The van der Waals surface area contributed by atoms with Gasteiger partial charge in [0.05, 0.1) is 12.0 Å². The number of nitro groups is 1. The lowest BCUT2D eigenvalue weighted by Gasteiger charge is -2.37. The van der Waals surface area contributed by atoms with Crippen LogP contribution in [0.3, 0.4) is 0 Å². The summed E-state index contributed by atoms with van der Waals surface area (Å²) in [6, 6.07) is 15.8. The molecule has 1 aliphatic heterocycles. The van der Waals surface area contributed by atoms with Crippen LogP contribution in [0.15, 0.2) is 60.9 Å². The largest absolute Gasteiger partial charge is 0.494 e. The minimum absolute atomic E-state index is 0.0585. The van der Waals surface area contributed by atoms with Crippen LogP contribution >= 0.6 is 0 Å². The molecular weight excluding hydrogens is 548 g/mol. The predicted octanol–water partition coefficient (Wildman–Crippen LogP) is 6.76. The molecule has 1 saturated heterocycles. The van der Waals surface area contributed by atoms with Crippen molar-refractivity contribution in [2.24, 2.45) is 0 Å². The van der Waals surface area contributed by atoms with Gasteiger partial charge in [-0.3, -0.25) is 10.1 Å². The highest BCUT2D eigenvalue weighted by Gasteiger charge is 2.33. The molecule has 11 heteroatoms. The predicted molar refractivity (Wildman–Crippen MR) is 166 cm³/mol. The van der Waals surface area contributed by atoms with E-state index < -0.39 is 11.7 Å². The van der Waals surface area contributed by atoms with E-state index >= 15 is 0 Å². The highest BCUT2D eigenvalue weighted by molar-refractivity contribution is 6.00. The van der Waals surface area contributed by atoms with Crippen LogP contribution in [0.1, 0.15) is 39.7 Å². The van der Waals surface area contributed by atoms with E-state index in [1.54, 1.807) is 24.3 Å². The number of pyridine rings is 1. The molecule has 1 aliphatic carbocycles. The molecule has 2 aromatic carbocycles. The number of amides is 1. The minimum atomic E-state index is -0.609. The topological polar surface area (TPSA) is 115 Å². The Morgan fingerprint density at radius 3 is 2.44 bits per heavy atom. The van der Waals surface area contributed by atoms with E-state index in [9.17, 15) is 14.9 Å². The van der Waals surface area contributed by atoms with Crippen LogP contribution in [0.25, 0.3) is 22.0 Å². The summed E-state index contributed by atoms with van der Waals surface area (Å²) in [6.07, 6.45) is 5.81. The van der Waals surface area contributed by atoms with Crippen molar-refractivity contribution >= 4 is 39.9 Å². The van der Waals surface area contributed by atoms with Crippen molar-refractivity contribution in [3.63, 3.8) is 0 Å². The van der Waals surface area contributed by atoms with Crippen LogP contribution in [0.4, 0.5) is 27.7 Å². The smallest absolute Gasteiger partial charge is 0.410 e. The van der Waals surface area contributed by atoms with E-state index in [0.717, 1.165) is 29.4 Å². The normalized spacial score (nSPS) is 15.4. The van der Waals surface area contributed by atoms with Crippen LogP contribution in [0, 0.1) is 10.1 Å². The van der Waals surface area contributed by atoms with Gasteiger partial charge < -0.3 is 29.2 Å². The Morgan fingerprint density at radius 1 is 1.02 bits per heavy atom. The van der Waals surface area contributed by atoms with Gasteiger partial charge in [0.15, 0.2) is 0 Å². The van der Waals surface area contributed by atoms with Crippen molar-refractivity contribution in [1.29, 1.82) is 0 Å². The van der Waals surface area contributed by atoms with E-state index in [0.29, 0.717) is 55.2 Å². The molecule has 0 bridgehead atoms. The molecule has 1 saturated carbocycles. The Kier molecular flexibility index (Phi) is 7.33. The molecule has 3 heterocycles. The zero-order valence-electron chi connectivity index (χ0n) is 24.9. The maximum absolute atomic E-state index is 12.7. The molecule has 43 heavy (non-hydrogen) atoms. The van der Waals surface area contributed by atoms with Crippen molar-refractivity contribution in [2.45, 2.75) is 45.3 Å². The number of nitrogens with one attached hydrogen (secondary N) is 1. The van der Waals surface area contributed by atoms with Gasteiger partial charge in [-0.15, -0.1) is 0 Å². The first-order chi connectivity index (χ1) is 20.6. The van der Waals surface area contributed by atoms with E-state index in [1.165, 1.54) is 11.6 Å². The molecule has 0 spiro atoms. The number of aromatic nitrogens is 2. The SMILES string of the molecule is COc1ccc([N+](=O)[O-])c(N2CCN(C(=O)OC(C)(C)C)CC2)c1Nc1ncccc1-c1cn(C2CC2)c2ccccc12. The fourth-order valence-electron chi connectivity index (χ4n) is 5.67. The quantitative estimate of drug-likeness (QED) is 0.187. The third kappa shape index (κ3) is 5.67. The number of carbonyl (C=O) groups excluding carboxylic acids is 1. The average molecular weight is 585 g/mol. The van der Waals surface area contributed by atoms with Crippen molar-refractivity contribution in [1.82, 2.24) is 14.5 Å². The Hall–Kier alpha value is -4.80. The fourth-order valence-corrected chi connectivity index (χ4v) is 5.67. The van der Waals surface area contributed by atoms with Crippen molar-refractivity contribution in [3.8, 4) is 16.9 Å². The lowest BCUT2D eigenvalue weighted by Crippen LogP contribution is -2.50. The molecule has 11 nitrogen and oxygen atoms in total. The van der Waals surface area contributed by atoms with Crippen LogP contribution in [-0.4, -0.2) is 64.4 Å². The minimum Gasteiger partial charge on any atom is -0.494 e. The zero-order valence-corrected chi connectivity index (χ0v) is 24.9. The number of nitrogens with zero attached hydrogens (tertiary/aromatic N) is 5. The molecule has 2 aromatic heterocycles. The maximum atomic E-state index is 12.7. The molecule has 2 fully saturated rings. The molecular formula is C32H36N6O5. The van der Waals surface area contributed by atoms with Gasteiger partial charge in [-0.1, -0.05) is 18.2 Å². The van der Waals surface area contributed by atoms with Crippen LogP contribution in [-0.2, 0) is 4.74 Å². The van der Waals surface area contributed by atoms with Crippen molar-refractivity contribution < 1.29 is 19.2 Å². The lowest BCUT2D eigenvalue weighted by molar-refractivity contribution is -0.384. The number of methoxy groups -OCH3 is 1. The summed E-state index contributed by atoms with van der Waals surface area (Å²) in [5.74, 6) is 1.01. The monoisotopic (exact) mass is 584 g/mol. The molecule has 0 unspecified atom stereocenters. The number of carbonyl (C=O) groups is 1. The standard InChI is InChI=1S/C32H36N6O5/c1-32(2,3)43-31(39)36-18-16-35(17-19-36)29-26(38(40)41)13-14-27(42-4)28(29)34-30-23(9-7-15-33-30)24-20-37(21-11-12-21)25-10-6-5-8-22(24)25/h5-10,13-15,20-21H,11-12,16-19H2,1-4H3,(H,33,34). The van der Waals surface area contributed by atoms with Crippen LogP contribution in [0.2, 0.25) is 0 Å². The number of anilines is 3. The second-order valence-corrected chi connectivity index (χ2v) is 11.9. The molecule has 1 amide bonds. The number of nitro benzene ring substituents is 1. The highest BCUT2D eigenvalue weighted by atomic mass is 16.6. The van der Waals surface area contributed by atoms with Crippen molar-refractivity contribution in [2.75, 3.05) is 43.5 Å². The number of rotatable bonds is 7. The third-order valence-electron chi connectivity index (χ3n) is 7.80. The fraction of sp³-hybridized carbons (Fsp3) is 0.375. The maximum Gasteiger partial charge on any atom is 0.410 e. The van der Waals surface area contributed by atoms with E-state index in [2.05, 4.69) is 34.3 Å². The van der Waals surface area contributed by atoms with Gasteiger partial charge in [-0.2, -0.15) is 0 Å². The van der Waals surface area contributed by atoms with E-state index in [4.69, 9.17) is 14.5 Å². The van der Waals surface area contributed by atoms with Gasteiger partial charge in [0.25, 0.3) is 5.69 Å². The lowest BCUT2D eigenvalue weighted by atomic mass is 10.1. The summed E-state index contributed by atoms with van der Waals surface area (Å²) >= 11 is 0. The Morgan fingerprint density at radius 2 is 1.77 bits per heavy atom. The second kappa shape index (κ2) is 11.1. The number of ether oxygens (including phenoxy) is 2. The molecule has 0 radical (unpaired) electrons. The number of benzene rings is 2. The first-order valence-electron chi connectivity index (χ1n) is 14.5. The summed E-state index contributed by atoms with van der Waals surface area (Å²) in [5, 5.41) is 16.9. The summed E-state index contributed by atoms with van der Waals surface area (Å²) in [5.41, 5.74) is 3.27. The molecule has 224 valence electrons. The van der Waals surface area contributed by atoms with Gasteiger partial charge in [0, 0.05) is 72.7 Å². The van der Waals surface area contributed by atoms with Crippen LogP contribution in [0.5, 0.6) is 5.75 Å². The molecule has 1 N–H and O–H groups in total. The molecule has 2 aliphatic rings. The number of para-hydroxylation sites is 1. The summed E-state index contributed by atoms with van der Waals surface area (Å²) in [6.45, 7) is 6.96. The number of hydrogen-bond donors (Lipinski definition) is 1. The number of hydrogen-bond acceptors (Lipinski definition) is 8. The molecule has 0 atom stereocenters. The van der Waals surface area contributed by atoms with E-state index in [-0.39, 0.29) is 10.6 Å². The van der Waals surface area contributed by atoms with Crippen molar-refractivity contribution in [3.05, 3.63) is 71.0 Å². The van der Waals surface area contributed by atoms with E-state index in [1.807, 2.05) is 43.9 Å². The highest BCUT2D eigenvalue weighted by Crippen LogP contribution is 2.47. The molecule has 6 rings (SSSR count). The number of piperazine rings is 1. The van der Waals surface area contributed by atoms with Gasteiger partial charge in [0.2, 0.25) is 0 Å². The summed E-state index contributed by atoms with van der Waals surface area (Å²) in [7, 11) is 1.54. The summed E-state index contributed by atoms with van der Waals surface area (Å²) < 4.78 is 13.6. The molecule has 4 aromatic rings.